The predicted octanol–water partition coefficient (Wildman–Crippen LogP) is 1.68. The van der Waals surface area contributed by atoms with Gasteiger partial charge in [-0.15, -0.1) is 0 Å². The number of nitrogens with two attached hydrogens (primary N) is 1. The molecule has 1 aromatic rings. The first-order chi connectivity index (χ1) is 8.45. The fourth-order valence-corrected chi connectivity index (χ4v) is 2.01. The number of amides is 1. The lowest BCUT2D eigenvalue weighted by Crippen LogP contribution is -2.53. The van der Waals surface area contributed by atoms with Crippen molar-refractivity contribution in [3.8, 4) is 5.75 Å². The van der Waals surface area contributed by atoms with Crippen LogP contribution in [0.15, 0.2) is 18.2 Å². The molecular weight excluding hydrogens is 235 g/mol. The quantitative estimate of drug-likeness (QED) is 0.890. The maximum Gasteiger partial charge on any atom is 0.270 e. The number of ether oxygens (including phenoxy) is 1. The van der Waals surface area contributed by atoms with Gasteiger partial charge in [0, 0.05) is 12.6 Å². The number of hydrogen-bond acceptors (Lipinski definition) is 3. The van der Waals surface area contributed by atoms with Gasteiger partial charge in [-0.2, -0.15) is 0 Å². The maximum absolute atomic E-state index is 13.3. The number of fused-ring (bicyclic) bond motifs is 1. The van der Waals surface area contributed by atoms with E-state index < -0.39 is 5.60 Å². The summed E-state index contributed by atoms with van der Waals surface area (Å²) >= 11 is 0. The average molecular weight is 252 g/mol. The van der Waals surface area contributed by atoms with Crippen LogP contribution in [0.2, 0.25) is 0 Å². The highest BCUT2D eigenvalue weighted by molar-refractivity contribution is 6.02. The Morgan fingerprint density at radius 2 is 2.17 bits per heavy atom. The highest BCUT2D eigenvalue weighted by atomic mass is 19.1. The van der Waals surface area contributed by atoms with Crippen molar-refractivity contribution < 1.29 is 13.9 Å². The van der Waals surface area contributed by atoms with E-state index in [-0.39, 0.29) is 11.7 Å². The molecule has 0 saturated carbocycles. The van der Waals surface area contributed by atoms with Crippen molar-refractivity contribution in [1.82, 2.24) is 0 Å². The predicted molar refractivity (Wildman–Crippen MR) is 67.1 cm³/mol. The molecule has 1 aromatic carbocycles. The summed E-state index contributed by atoms with van der Waals surface area (Å²) in [6.07, 6.45) is 0.664. The van der Waals surface area contributed by atoms with E-state index in [9.17, 15) is 9.18 Å². The lowest BCUT2D eigenvalue weighted by atomic mass is 10.0. The maximum atomic E-state index is 13.3. The van der Waals surface area contributed by atoms with E-state index in [4.69, 9.17) is 10.5 Å². The normalized spacial score (nSPS) is 17.3. The standard InChI is InChI=1S/C13H17FN2O2/c1-13(2)12(17)16(7-3-6-15)10-8-9(14)4-5-11(10)18-13/h4-5,8H,3,6-7,15H2,1-2H3. The zero-order chi connectivity index (χ0) is 13.3. The van der Waals surface area contributed by atoms with Gasteiger partial charge in [-0.3, -0.25) is 4.79 Å². The second-order valence-electron chi connectivity index (χ2n) is 4.82. The number of anilines is 1. The van der Waals surface area contributed by atoms with Crippen molar-refractivity contribution >= 4 is 11.6 Å². The van der Waals surface area contributed by atoms with Gasteiger partial charge < -0.3 is 15.4 Å². The molecule has 1 heterocycles. The monoisotopic (exact) mass is 252 g/mol. The first-order valence-corrected chi connectivity index (χ1v) is 5.96. The lowest BCUT2D eigenvalue weighted by molar-refractivity contribution is -0.132. The van der Waals surface area contributed by atoms with Crippen LogP contribution in [0.25, 0.3) is 0 Å². The van der Waals surface area contributed by atoms with Crippen LogP contribution in [0.5, 0.6) is 5.75 Å². The van der Waals surface area contributed by atoms with Gasteiger partial charge in [0.15, 0.2) is 5.60 Å². The van der Waals surface area contributed by atoms with Crippen LogP contribution in [0, 0.1) is 5.82 Å². The number of benzene rings is 1. The van der Waals surface area contributed by atoms with Gasteiger partial charge >= 0.3 is 0 Å². The molecule has 5 heteroatoms. The van der Waals surface area contributed by atoms with Gasteiger partial charge in [-0.05, 0) is 38.9 Å². The molecule has 0 aliphatic carbocycles. The summed E-state index contributed by atoms with van der Waals surface area (Å²) in [5.41, 5.74) is 5.01. The molecule has 0 radical (unpaired) electrons. The number of nitrogens with zero attached hydrogens (tertiary/aromatic N) is 1. The topological polar surface area (TPSA) is 55.6 Å². The highest BCUT2D eigenvalue weighted by Crippen LogP contribution is 2.38. The molecule has 0 aromatic heterocycles. The number of carbonyl (C=O) groups excluding carboxylic acids is 1. The average Bonchev–Trinajstić information content (AvgIpc) is 2.31. The first-order valence-electron chi connectivity index (χ1n) is 5.96. The third-order valence-electron chi connectivity index (χ3n) is 2.92. The summed E-state index contributed by atoms with van der Waals surface area (Å²) in [6.45, 7) is 4.36. The van der Waals surface area contributed by atoms with Gasteiger partial charge in [0.1, 0.15) is 11.6 Å². The van der Waals surface area contributed by atoms with E-state index in [2.05, 4.69) is 0 Å². The second kappa shape index (κ2) is 4.57. The Morgan fingerprint density at radius 3 is 2.83 bits per heavy atom. The number of hydrogen-bond donors (Lipinski definition) is 1. The van der Waals surface area contributed by atoms with Crippen molar-refractivity contribution in [2.45, 2.75) is 25.9 Å². The molecular formula is C13H17FN2O2. The Kier molecular flexibility index (Phi) is 3.26. The zero-order valence-electron chi connectivity index (χ0n) is 10.6. The summed E-state index contributed by atoms with van der Waals surface area (Å²) in [5, 5.41) is 0. The van der Waals surface area contributed by atoms with Gasteiger partial charge in [0.2, 0.25) is 0 Å². The van der Waals surface area contributed by atoms with Crippen molar-refractivity contribution in [3.63, 3.8) is 0 Å². The molecule has 2 N–H and O–H groups in total. The van der Waals surface area contributed by atoms with Crippen LogP contribution in [0.4, 0.5) is 10.1 Å². The molecule has 0 spiro atoms. The smallest absolute Gasteiger partial charge is 0.270 e. The fourth-order valence-electron chi connectivity index (χ4n) is 2.01. The molecule has 1 amide bonds. The Bertz CT molecular complexity index is 474. The van der Waals surface area contributed by atoms with Crippen LogP contribution >= 0.6 is 0 Å². The van der Waals surface area contributed by atoms with Crippen molar-refractivity contribution in [1.29, 1.82) is 0 Å². The summed E-state index contributed by atoms with van der Waals surface area (Å²) < 4.78 is 18.9. The molecule has 4 nitrogen and oxygen atoms in total. The number of rotatable bonds is 3. The highest BCUT2D eigenvalue weighted by Gasteiger charge is 2.40. The van der Waals surface area contributed by atoms with Crippen molar-refractivity contribution in [3.05, 3.63) is 24.0 Å². The Labute approximate surface area is 106 Å². The summed E-state index contributed by atoms with van der Waals surface area (Å²) in [7, 11) is 0. The lowest BCUT2D eigenvalue weighted by Gasteiger charge is -2.38. The van der Waals surface area contributed by atoms with Gasteiger partial charge in [0.05, 0.1) is 5.69 Å². The van der Waals surface area contributed by atoms with Crippen molar-refractivity contribution in [2.75, 3.05) is 18.0 Å². The molecule has 0 saturated heterocycles. The van der Waals surface area contributed by atoms with Gasteiger partial charge in [-0.25, -0.2) is 4.39 Å². The zero-order valence-corrected chi connectivity index (χ0v) is 10.6. The minimum atomic E-state index is -0.931. The largest absolute Gasteiger partial charge is 0.476 e. The molecule has 1 aliphatic rings. The molecule has 0 bridgehead atoms. The Balaban J connectivity index is 2.43. The van der Waals surface area contributed by atoms with E-state index in [1.165, 1.54) is 12.1 Å². The number of halogens is 1. The van der Waals surface area contributed by atoms with Crippen LogP contribution in [0.1, 0.15) is 20.3 Å². The minimum absolute atomic E-state index is 0.172. The first kappa shape index (κ1) is 12.8. The van der Waals surface area contributed by atoms with E-state index >= 15 is 0 Å². The molecule has 0 atom stereocenters. The summed E-state index contributed by atoms with van der Waals surface area (Å²) in [5.74, 6) is -0.0327. The molecule has 98 valence electrons. The fraction of sp³-hybridized carbons (Fsp3) is 0.462. The van der Waals surface area contributed by atoms with E-state index in [0.717, 1.165) is 0 Å². The summed E-state index contributed by atoms with van der Waals surface area (Å²) in [4.78, 5) is 13.8. The molecule has 0 unspecified atom stereocenters. The molecule has 0 fully saturated rings. The number of carbonyl (C=O) groups is 1. The second-order valence-corrected chi connectivity index (χ2v) is 4.82. The van der Waals surface area contributed by atoms with Crippen LogP contribution in [-0.4, -0.2) is 24.6 Å². The molecule has 18 heavy (non-hydrogen) atoms. The molecule has 1 aliphatic heterocycles. The van der Waals surface area contributed by atoms with Crippen molar-refractivity contribution in [2.24, 2.45) is 5.73 Å². The third-order valence-corrected chi connectivity index (χ3v) is 2.92. The molecule has 2 rings (SSSR count). The SMILES string of the molecule is CC1(C)Oc2ccc(F)cc2N(CCCN)C1=O. The van der Waals surface area contributed by atoms with Crippen LogP contribution in [-0.2, 0) is 4.79 Å². The van der Waals surface area contributed by atoms with Gasteiger partial charge in [0.25, 0.3) is 5.91 Å². The Morgan fingerprint density at radius 1 is 1.44 bits per heavy atom. The van der Waals surface area contributed by atoms with E-state index in [1.54, 1.807) is 24.8 Å². The van der Waals surface area contributed by atoms with E-state index in [1.807, 2.05) is 0 Å². The van der Waals surface area contributed by atoms with E-state index in [0.29, 0.717) is 30.9 Å². The summed E-state index contributed by atoms with van der Waals surface area (Å²) in [6, 6.07) is 4.19. The van der Waals surface area contributed by atoms with Gasteiger partial charge in [-0.1, -0.05) is 0 Å². The van der Waals surface area contributed by atoms with Crippen LogP contribution in [0.3, 0.4) is 0 Å². The van der Waals surface area contributed by atoms with Crippen LogP contribution < -0.4 is 15.4 Å². The Hall–Kier alpha value is -1.62. The minimum Gasteiger partial charge on any atom is -0.476 e. The third kappa shape index (κ3) is 2.18.